The van der Waals surface area contributed by atoms with Crippen molar-refractivity contribution in [3.8, 4) is 16.9 Å². The van der Waals surface area contributed by atoms with Crippen LogP contribution in [0, 0.1) is 0 Å². The van der Waals surface area contributed by atoms with Crippen LogP contribution in [0.1, 0.15) is 26.2 Å². The smallest absolute Gasteiger partial charge is 0.127 e. The maximum Gasteiger partial charge on any atom is 0.127 e. The van der Waals surface area contributed by atoms with Crippen LogP contribution in [-0.4, -0.2) is 19.7 Å². The van der Waals surface area contributed by atoms with Crippen LogP contribution in [0.15, 0.2) is 54.6 Å². The van der Waals surface area contributed by atoms with Gasteiger partial charge in [-0.2, -0.15) is 0 Å². The zero-order valence-corrected chi connectivity index (χ0v) is 13.0. The van der Waals surface area contributed by atoms with Gasteiger partial charge in [-0.1, -0.05) is 55.5 Å². The summed E-state index contributed by atoms with van der Waals surface area (Å²) in [6.07, 6.45) is 3.39. The van der Waals surface area contributed by atoms with Gasteiger partial charge in [0.05, 0.1) is 6.61 Å². The molecule has 0 aliphatic rings. The van der Waals surface area contributed by atoms with Crippen LogP contribution in [0.2, 0.25) is 0 Å². The van der Waals surface area contributed by atoms with E-state index in [2.05, 4.69) is 54.7 Å². The summed E-state index contributed by atoms with van der Waals surface area (Å²) in [4.78, 5) is 0. The van der Waals surface area contributed by atoms with Crippen molar-refractivity contribution >= 4 is 0 Å². The van der Waals surface area contributed by atoms with Crippen LogP contribution in [0.4, 0.5) is 0 Å². The average Bonchev–Trinajstić information content (AvgIpc) is 2.56. The molecule has 2 rings (SSSR count). The van der Waals surface area contributed by atoms with Crippen LogP contribution in [0.5, 0.6) is 5.75 Å². The molecule has 0 heterocycles. The highest BCUT2D eigenvalue weighted by Gasteiger charge is 2.06. The molecule has 0 radical (unpaired) electrons. The summed E-state index contributed by atoms with van der Waals surface area (Å²) in [6.45, 7) is 2.98. The molecule has 0 aliphatic carbocycles. The van der Waals surface area contributed by atoms with Gasteiger partial charge in [0.1, 0.15) is 5.75 Å². The maximum atomic E-state index is 6.00. The molecule has 21 heavy (non-hydrogen) atoms. The number of rotatable bonds is 8. The Morgan fingerprint density at radius 2 is 1.71 bits per heavy atom. The quantitative estimate of drug-likeness (QED) is 0.720. The second-order valence-electron chi connectivity index (χ2n) is 5.25. The van der Waals surface area contributed by atoms with Gasteiger partial charge in [0.2, 0.25) is 0 Å². The Morgan fingerprint density at radius 3 is 2.43 bits per heavy atom. The van der Waals surface area contributed by atoms with E-state index in [-0.39, 0.29) is 0 Å². The van der Waals surface area contributed by atoms with Crippen molar-refractivity contribution in [3.05, 3.63) is 54.6 Å². The molecule has 0 spiro atoms. The minimum absolute atomic E-state index is 0.595. The molecule has 2 heteroatoms. The topological polar surface area (TPSA) is 21.3 Å². The van der Waals surface area contributed by atoms with Gasteiger partial charge in [0.25, 0.3) is 0 Å². The minimum atomic E-state index is 0.595. The molecule has 0 fully saturated rings. The lowest BCUT2D eigenvalue weighted by Gasteiger charge is -2.15. The molecule has 2 nitrogen and oxygen atoms in total. The fourth-order valence-corrected chi connectivity index (χ4v) is 2.51. The van der Waals surface area contributed by atoms with E-state index in [1.165, 1.54) is 11.1 Å². The van der Waals surface area contributed by atoms with E-state index in [4.69, 9.17) is 4.74 Å². The number of ether oxygens (including phenoxy) is 1. The molecule has 1 N–H and O–H groups in total. The SMILES string of the molecule is CCC(CCCOc1ccccc1-c1ccccc1)NC. The number of nitrogens with one attached hydrogen (secondary N) is 1. The first kappa shape index (κ1) is 15.6. The van der Waals surface area contributed by atoms with Crippen molar-refractivity contribution in [2.24, 2.45) is 0 Å². The van der Waals surface area contributed by atoms with Crippen molar-refractivity contribution in [1.29, 1.82) is 0 Å². The number of hydrogen-bond acceptors (Lipinski definition) is 2. The second-order valence-corrected chi connectivity index (χ2v) is 5.25. The molecule has 0 aromatic heterocycles. The Balaban J connectivity index is 1.95. The summed E-state index contributed by atoms with van der Waals surface area (Å²) < 4.78 is 6.00. The van der Waals surface area contributed by atoms with Gasteiger partial charge in [-0.05, 0) is 37.9 Å². The summed E-state index contributed by atoms with van der Waals surface area (Å²) in [5.41, 5.74) is 2.37. The van der Waals surface area contributed by atoms with Crippen LogP contribution < -0.4 is 10.1 Å². The highest BCUT2D eigenvalue weighted by molar-refractivity contribution is 5.70. The van der Waals surface area contributed by atoms with Gasteiger partial charge >= 0.3 is 0 Å². The van der Waals surface area contributed by atoms with Crippen LogP contribution >= 0.6 is 0 Å². The standard InChI is InChI=1S/C19H25NO/c1-3-17(20-2)12-9-15-21-19-14-8-7-13-18(19)16-10-5-4-6-11-16/h4-8,10-11,13-14,17,20H,3,9,12,15H2,1-2H3. The lowest BCUT2D eigenvalue weighted by Crippen LogP contribution is -2.24. The van der Waals surface area contributed by atoms with Crippen LogP contribution in [0.3, 0.4) is 0 Å². The van der Waals surface area contributed by atoms with Gasteiger partial charge < -0.3 is 10.1 Å². The molecule has 1 atom stereocenters. The predicted molar refractivity (Wildman–Crippen MR) is 89.7 cm³/mol. The minimum Gasteiger partial charge on any atom is -0.493 e. The van der Waals surface area contributed by atoms with E-state index in [1.807, 2.05) is 19.2 Å². The predicted octanol–water partition coefficient (Wildman–Crippen LogP) is 4.51. The molecule has 2 aromatic carbocycles. The normalized spacial score (nSPS) is 12.1. The molecular weight excluding hydrogens is 258 g/mol. The number of benzene rings is 2. The highest BCUT2D eigenvalue weighted by Crippen LogP contribution is 2.29. The molecule has 0 amide bonds. The third-order valence-electron chi connectivity index (χ3n) is 3.83. The largest absolute Gasteiger partial charge is 0.493 e. The van der Waals surface area contributed by atoms with Crippen LogP contribution in [0.25, 0.3) is 11.1 Å². The van der Waals surface area contributed by atoms with E-state index < -0.39 is 0 Å². The first-order valence-electron chi connectivity index (χ1n) is 7.79. The van der Waals surface area contributed by atoms with Gasteiger partial charge in [-0.3, -0.25) is 0 Å². The Kier molecular flexibility index (Phi) is 6.29. The van der Waals surface area contributed by atoms with Gasteiger partial charge in [0.15, 0.2) is 0 Å². The fourth-order valence-electron chi connectivity index (χ4n) is 2.51. The zero-order chi connectivity index (χ0) is 14.9. The lowest BCUT2D eigenvalue weighted by atomic mass is 10.0. The summed E-state index contributed by atoms with van der Waals surface area (Å²) in [5.74, 6) is 0.973. The maximum absolute atomic E-state index is 6.00. The third-order valence-corrected chi connectivity index (χ3v) is 3.83. The third kappa shape index (κ3) is 4.61. The fraction of sp³-hybridized carbons (Fsp3) is 0.368. The highest BCUT2D eigenvalue weighted by atomic mass is 16.5. The molecule has 0 saturated heterocycles. The number of hydrogen-bond donors (Lipinski definition) is 1. The summed E-state index contributed by atoms with van der Waals surface area (Å²) in [6, 6.07) is 19.3. The van der Waals surface area contributed by atoms with Crippen molar-refractivity contribution in [2.75, 3.05) is 13.7 Å². The Bertz CT molecular complexity index is 520. The molecule has 0 saturated carbocycles. The van der Waals surface area contributed by atoms with E-state index in [9.17, 15) is 0 Å². The zero-order valence-electron chi connectivity index (χ0n) is 13.0. The molecule has 1 unspecified atom stereocenters. The van der Waals surface area contributed by atoms with Crippen LogP contribution in [-0.2, 0) is 0 Å². The molecule has 112 valence electrons. The van der Waals surface area contributed by atoms with Gasteiger partial charge in [-0.15, -0.1) is 0 Å². The Hall–Kier alpha value is -1.80. The van der Waals surface area contributed by atoms with Crippen molar-refractivity contribution in [2.45, 2.75) is 32.2 Å². The van der Waals surface area contributed by atoms with E-state index >= 15 is 0 Å². The molecule has 0 aliphatic heterocycles. The summed E-state index contributed by atoms with van der Waals surface area (Å²) in [5, 5.41) is 3.33. The van der Waals surface area contributed by atoms with Gasteiger partial charge in [-0.25, -0.2) is 0 Å². The Labute approximate surface area is 128 Å². The molecular formula is C19H25NO. The van der Waals surface area contributed by atoms with Crippen molar-refractivity contribution < 1.29 is 4.74 Å². The van der Waals surface area contributed by atoms with Crippen molar-refractivity contribution in [3.63, 3.8) is 0 Å². The second kappa shape index (κ2) is 8.48. The average molecular weight is 283 g/mol. The molecule has 2 aromatic rings. The number of para-hydroxylation sites is 1. The lowest BCUT2D eigenvalue weighted by molar-refractivity contribution is 0.297. The van der Waals surface area contributed by atoms with E-state index in [1.54, 1.807) is 0 Å². The van der Waals surface area contributed by atoms with Crippen molar-refractivity contribution in [1.82, 2.24) is 5.32 Å². The van der Waals surface area contributed by atoms with Gasteiger partial charge in [0, 0.05) is 11.6 Å². The monoisotopic (exact) mass is 283 g/mol. The Morgan fingerprint density at radius 1 is 1.00 bits per heavy atom. The first-order valence-corrected chi connectivity index (χ1v) is 7.79. The van der Waals surface area contributed by atoms with E-state index in [0.717, 1.165) is 31.6 Å². The summed E-state index contributed by atoms with van der Waals surface area (Å²) >= 11 is 0. The van der Waals surface area contributed by atoms with E-state index in [0.29, 0.717) is 6.04 Å². The first-order chi connectivity index (χ1) is 10.3. The summed E-state index contributed by atoms with van der Waals surface area (Å²) in [7, 11) is 2.03. The molecule has 0 bridgehead atoms.